The van der Waals surface area contributed by atoms with Crippen LogP contribution in [0.3, 0.4) is 0 Å². The summed E-state index contributed by atoms with van der Waals surface area (Å²) in [4.78, 5) is 12.6. The Hall–Kier alpha value is -1.78. The van der Waals surface area contributed by atoms with E-state index in [2.05, 4.69) is 50.5 Å². The molecule has 1 amide bonds. The first-order valence-corrected chi connectivity index (χ1v) is 8.22. The molecule has 0 aliphatic carbocycles. The average molecular weight is 314 g/mol. The van der Waals surface area contributed by atoms with Gasteiger partial charge < -0.3 is 0 Å². The van der Waals surface area contributed by atoms with Crippen molar-refractivity contribution in [2.45, 2.75) is 36.8 Å². The van der Waals surface area contributed by atoms with E-state index in [0.717, 1.165) is 10.6 Å². The van der Waals surface area contributed by atoms with Crippen LogP contribution in [0.25, 0.3) is 0 Å². The van der Waals surface area contributed by atoms with E-state index >= 15 is 0 Å². The van der Waals surface area contributed by atoms with E-state index in [1.54, 1.807) is 17.8 Å². The van der Waals surface area contributed by atoms with Crippen molar-refractivity contribution in [1.82, 2.24) is 5.43 Å². The summed E-state index contributed by atoms with van der Waals surface area (Å²) in [6.07, 6.45) is 0. The number of hydrazine groups is 1. The molecule has 2 aromatic rings. The maximum Gasteiger partial charge on any atom is 0.265 e. The van der Waals surface area contributed by atoms with Crippen molar-refractivity contribution >= 4 is 17.7 Å². The van der Waals surface area contributed by atoms with Gasteiger partial charge >= 0.3 is 0 Å². The van der Waals surface area contributed by atoms with Crippen molar-refractivity contribution < 1.29 is 4.79 Å². The molecule has 22 heavy (non-hydrogen) atoms. The van der Waals surface area contributed by atoms with E-state index in [4.69, 9.17) is 5.84 Å². The van der Waals surface area contributed by atoms with Crippen LogP contribution in [0, 0.1) is 0 Å². The van der Waals surface area contributed by atoms with Crippen LogP contribution in [0.4, 0.5) is 0 Å². The Morgan fingerprint density at radius 1 is 1.14 bits per heavy atom. The van der Waals surface area contributed by atoms with Crippen LogP contribution in [0.2, 0.25) is 0 Å². The number of nitrogens with one attached hydrogen (secondary N) is 1. The number of nitrogen functional groups attached to an aromatic ring is 1. The van der Waals surface area contributed by atoms with Crippen LogP contribution >= 0.6 is 11.8 Å². The summed E-state index contributed by atoms with van der Waals surface area (Å²) in [6.45, 7) is 6.64. The first-order valence-electron chi connectivity index (χ1n) is 7.23. The number of rotatable bonds is 4. The lowest BCUT2D eigenvalue weighted by molar-refractivity contribution is 0.0953. The predicted molar refractivity (Wildman–Crippen MR) is 92.8 cm³/mol. The molecule has 3 nitrogen and oxygen atoms in total. The normalized spacial score (nSPS) is 11.3. The molecule has 2 rings (SSSR count). The monoisotopic (exact) mass is 314 g/mol. The van der Waals surface area contributed by atoms with Crippen molar-refractivity contribution in [3.63, 3.8) is 0 Å². The quantitative estimate of drug-likeness (QED) is 0.390. The van der Waals surface area contributed by atoms with Crippen molar-refractivity contribution in [3.05, 3.63) is 65.2 Å². The fourth-order valence-electron chi connectivity index (χ4n) is 2.08. The largest absolute Gasteiger partial charge is 0.290 e. The number of benzene rings is 2. The molecule has 0 saturated heterocycles. The number of carbonyl (C=O) groups excluding carboxylic acids is 1. The zero-order valence-electron chi connectivity index (χ0n) is 13.2. The third-order valence-corrected chi connectivity index (χ3v) is 4.52. The van der Waals surface area contributed by atoms with Crippen molar-refractivity contribution in [1.29, 1.82) is 0 Å². The molecule has 0 fully saturated rings. The molecule has 0 heterocycles. The SMILES string of the molecule is CC(C)(C)c1ccc(CSc2cccc(C(=O)NN)c2)cc1. The summed E-state index contributed by atoms with van der Waals surface area (Å²) < 4.78 is 0. The summed E-state index contributed by atoms with van der Waals surface area (Å²) in [7, 11) is 0. The van der Waals surface area contributed by atoms with Crippen LogP contribution in [0.1, 0.15) is 42.3 Å². The standard InChI is InChI=1S/C18H22N2OS/c1-18(2,3)15-9-7-13(8-10-15)12-22-16-6-4-5-14(11-16)17(21)20-19/h4-11H,12,19H2,1-3H3,(H,20,21). The Morgan fingerprint density at radius 3 is 2.41 bits per heavy atom. The molecular weight excluding hydrogens is 292 g/mol. The smallest absolute Gasteiger partial charge is 0.265 e. The Bertz CT molecular complexity index is 645. The molecule has 0 radical (unpaired) electrons. The van der Waals surface area contributed by atoms with Crippen LogP contribution in [-0.4, -0.2) is 5.91 Å². The fourth-order valence-corrected chi connectivity index (χ4v) is 2.99. The van der Waals surface area contributed by atoms with E-state index in [9.17, 15) is 4.79 Å². The number of carbonyl (C=O) groups is 1. The summed E-state index contributed by atoms with van der Waals surface area (Å²) >= 11 is 1.71. The Morgan fingerprint density at radius 2 is 1.82 bits per heavy atom. The summed E-state index contributed by atoms with van der Waals surface area (Å²) in [5, 5.41) is 0. The second kappa shape index (κ2) is 6.99. The molecule has 0 saturated carbocycles. The summed E-state index contributed by atoms with van der Waals surface area (Å²) in [6, 6.07) is 16.2. The molecule has 116 valence electrons. The number of hydrogen-bond donors (Lipinski definition) is 2. The minimum Gasteiger partial charge on any atom is -0.290 e. The molecule has 3 N–H and O–H groups in total. The predicted octanol–water partition coefficient (Wildman–Crippen LogP) is 3.88. The second-order valence-corrected chi connectivity index (χ2v) is 7.29. The number of thioether (sulfide) groups is 1. The maximum atomic E-state index is 11.5. The van der Waals surface area contributed by atoms with Crippen molar-refractivity contribution in [2.75, 3.05) is 0 Å². The van der Waals surface area contributed by atoms with Crippen molar-refractivity contribution in [2.24, 2.45) is 5.84 Å². The molecular formula is C18H22N2OS. The van der Waals surface area contributed by atoms with Gasteiger partial charge in [0.05, 0.1) is 0 Å². The Labute approximate surface area is 136 Å². The lowest BCUT2D eigenvalue weighted by Gasteiger charge is -2.19. The van der Waals surface area contributed by atoms with Gasteiger partial charge in [-0.05, 0) is 34.7 Å². The van der Waals surface area contributed by atoms with Gasteiger partial charge in [0.2, 0.25) is 0 Å². The van der Waals surface area contributed by atoms with Gasteiger partial charge in [-0.15, -0.1) is 11.8 Å². The molecule has 0 unspecified atom stereocenters. The van der Waals surface area contributed by atoms with Crippen molar-refractivity contribution in [3.8, 4) is 0 Å². The van der Waals surface area contributed by atoms with Gasteiger partial charge in [0.1, 0.15) is 0 Å². The van der Waals surface area contributed by atoms with Gasteiger partial charge in [0.25, 0.3) is 5.91 Å². The molecule has 4 heteroatoms. The van der Waals surface area contributed by atoms with E-state index in [1.807, 2.05) is 18.2 Å². The molecule has 0 aliphatic rings. The number of nitrogens with two attached hydrogens (primary N) is 1. The van der Waals surface area contributed by atoms with E-state index in [1.165, 1.54) is 11.1 Å². The third-order valence-electron chi connectivity index (χ3n) is 3.45. The van der Waals surface area contributed by atoms with E-state index in [-0.39, 0.29) is 11.3 Å². The highest BCUT2D eigenvalue weighted by Crippen LogP contribution is 2.26. The topological polar surface area (TPSA) is 55.1 Å². The minimum atomic E-state index is -0.267. The first kappa shape index (κ1) is 16.6. The van der Waals surface area contributed by atoms with Crippen LogP contribution in [0.15, 0.2) is 53.4 Å². The number of amides is 1. The molecule has 0 spiro atoms. The molecule has 0 bridgehead atoms. The Kier molecular flexibility index (Phi) is 5.27. The Balaban J connectivity index is 2.03. The third kappa shape index (κ3) is 4.36. The molecule has 0 aromatic heterocycles. The molecule has 2 aromatic carbocycles. The van der Waals surface area contributed by atoms with Gasteiger partial charge in [-0.3, -0.25) is 10.2 Å². The van der Waals surface area contributed by atoms with Crippen LogP contribution in [0.5, 0.6) is 0 Å². The number of hydrogen-bond acceptors (Lipinski definition) is 3. The minimum absolute atomic E-state index is 0.176. The summed E-state index contributed by atoms with van der Waals surface area (Å²) in [5.74, 6) is 5.77. The maximum absolute atomic E-state index is 11.5. The highest BCUT2D eigenvalue weighted by molar-refractivity contribution is 7.98. The van der Waals surface area contributed by atoms with Gasteiger partial charge in [0.15, 0.2) is 0 Å². The zero-order valence-corrected chi connectivity index (χ0v) is 14.0. The summed E-state index contributed by atoms with van der Waals surface area (Å²) in [5.41, 5.74) is 5.52. The van der Waals surface area contributed by atoms with Gasteiger partial charge in [-0.1, -0.05) is 51.1 Å². The molecule has 0 aliphatic heterocycles. The zero-order chi connectivity index (χ0) is 16.2. The highest BCUT2D eigenvalue weighted by Gasteiger charge is 2.12. The van der Waals surface area contributed by atoms with E-state index in [0.29, 0.717) is 5.56 Å². The van der Waals surface area contributed by atoms with Gasteiger partial charge in [-0.25, -0.2) is 5.84 Å². The van der Waals surface area contributed by atoms with Crippen LogP contribution < -0.4 is 11.3 Å². The lowest BCUT2D eigenvalue weighted by Crippen LogP contribution is -2.29. The average Bonchev–Trinajstić information content (AvgIpc) is 2.52. The van der Waals surface area contributed by atoms with Gasteiger partial charge in [-0.2, -0.15) is 0 Å². The first-order chi connectivity index (χ1) is 10.4. The fraction of sp³-hybridized carbons (Fsp3) is 0.278. The highest BCUT2D eigenvalue weighted by atomic mass is 32.2. The lowest BCUT2D eigenvalue weighted by atomic mass is 9.87. The van der Waals surface area contributed by atoms with Gasteiger partial charge in [0, 0.05) is 16.2 Å². The molecule has 0 atom stereocenters. The van der Waals surface area contributed by atoms with Crippen LogP contribution in [-0.2, 0) is 11.2 Å². The second-order valence-electron chi connectivity index (χ2n) is 6.24. The van der Waals surface area contributed by atoms with E-state index < -0.39 is 0 Å².